The zero-order valence-electron chi connectivity index (χ0n) is 13.7. The number of benzene rings is 2. The number of thioether (sulfide) groups is 1. The minimum atomic E-state index is -0.410. The van der Waals surface area contributed by atoms with Gasteiger partial charge in [0.1, 0.15) is 5.75 Å². The van der Waals surface area contributed by atoms with Crippen LogP contribution in [0, 0.1) is 10.1 Å². The maximum absolute atomic E-state index is 11.0. The molecule has 4 rings (SSSR count). The minimum absolute atomic E-state index is 0.0418. The van der Waals surface area contributed by atoms with Gasteiger partial charge in [-0.15, -0.1) is 10.2 Å². The van der Waals surface area contributed by atoms with Gasteiger partial charge in [-0.2, -0.15) is 9.78 Å². The van der Waals surface area contributed by atoms with Crippen molar-refractivity contribution >= 4 is 23.2 Å². The lowest BCUT2D eigenvalue weighted by molar-refractivity contribution is -0.384. The molecule has 1 aliphatic heterocycles. The Hall–Kier alpha value is -3.20. The van der Waals surface area contributed by atoms with Crippen LogP contribution in [0.15, 0.2) is 58.8 Å². The van der Waals surface area contributed by atoms with E-state index in [2.05, 4.69) is 15.3 Å². The van der Waals surface area contributed by atoms with E-state index in [0.29, 0.717) is 22.3 Å². The molecule has 1 aliphatic rings. The van der Waals surface area contributed by atoms with E-state index in [1.54, 1.807) is 17.9 Å². The third-order valence-electron chi connectivity index (χ3n) is 3.91. The Morgan fingerprint density at radius 2 is 1.96 bits per heavy atom. The van der Waals surface area contributed by atoms with E-state index < -0.39 is 4.92 Å². The highest BCUT2D eigenvalue weighted by Crippen LogP contribution is 2.29. The SMILES string of the molecule is COc1ccc(-c2nnc3n2N=C(c2cccc([N+](=O)[O-])c2)CS3)cc1. The highest BCUT2D eigenvalue weighted by molar-refractivity contribution is 7.99. The van der Waals surface area contributed by atoms with E-state index >= 15 is 0 Å². The van der Waals surface area contributed by atoms with Crippen molar-refractivity contribution in [3.63, 3.8) is 0 Å². The summed E-state index contributed by atoms with van der Waals surface area (Å²) in [6.07, 6.45) is 0. The fourth-order valence-electron chi connectivity index (χ4n) is 2.59. The molecule has 8 nitrogen and oxygen atoms in total. The zero-order chi connectivity index (χ0) is 18.1. The lowest BCUT2D eigenvalue weighted by atomic mass is 10.1. The molecule has 2 heterocycles. The van der Waals surface area contributed by atoms with Gasteiger partial charge >= 0.3 is 0 Å². The normalized spacial score (nSPS) is 13.0. The first-order valence-electron chi connectivity index (χ1n) is 7.71. The maximum atomic E-state index is 11.0. The number of non-ortho nitro benzene ring substituents is 1. The van der Waals surface area contributed by atoms with Crippen LogP contribution in [0.4, 0.5) is 5.69 Å². The van der Waals surface area contributed by atoms with Crippen molar-refractivity contribution in [2.45, 2.75) is 5.16 Å². The van der Waals surface area contributed by atoms with Crippen molar-refractivity contribution in [2.75, 3.05) is 12.9 Å². The molecular weight excluding hydrogens is 354 g/mol. The first-order valence-corrected chi connectivity index (χ1v) is 8.69. The molecule has 0 saturated heterocycles. The molecule has 0 bridgehead atoms. The van der Waals surface area contributed by atoms with Crippen LogP contribution in [0.5, 0.6) is 5.75 Å². The topological polar surface area (TPSA) is 95.4 Å². The Labute approximate surface area is 152 Å². The molecule has 0 spiro atoms. The number of ether oxygens (including phenoxy) is 1. The Morgan fingerprint density at radius 1 is 1.15 bits per heavy atom. The molecular formula is C17H13N5O3S. The van der Waals surface area contributed by atoms with Crippen LogP contribution in [0.1, 0.15) is 5.56 Å². The van der Waals surface area contributed by atoms with E-state index in [1.165, 1.54) is 23.9 Å². The van der Waals surface area contributed by atoms with Gasteiger partial charge in [0.05, 0.1) is 17.7 Å². The smallest absolute Gasteiger partial charge is 0.270 e. The number of fused-ring (bicyclic) bond motifs is 1. The molecule has 0 unspecified atom stereocenters. The first-order chi connectivity index (χ1) is 12.7. The van der Waals surface area contributed by atoms with Gasteiger partial charge in [0.25, 0.3) is 5.69 Å². The predicted molar refractivity (Wildman–Crippen MR) is 97.8 cm³/mol. The number of hydrogen-bond acceptors (Lipinski definition) is 7. The van der Waals surface area contributed by atoms with Gasteiger partial charge in [0.2, 0.25) is 5.16 Å². The summed E-state index contributed by atoms with van der Waals surface area (Å²) in [6.45, 7) is 0. The molecule has 26 heavy (non-hydrogen) atoms. The van der Waals surface area contributed by atoms with E-state index in [1.807, 2.05) is 30.3 Å². The lowest BCUT2D eigenvalue weighted by Gasteiger charge is -2.14. The number of aromatic nitrogens is 3. The quantitative estimate of drug-likeness (QED) is 0.519. The van der Waals surface area contributed by atoms with Gasteiger partial charge in [-0.1, -0.05) is 23.9 Å². The number of hydrogen-bond donors (Lipinski definition) is 0. The fraction of sp³-hybridized carbons (Fsp3) is 0.118. The van der Waals surface area contributed by atoms with Crippen molar-refractivity contribution in [2.24, 2.45) is 5.10 Å². The van der Waals surface area contributed by atoms with Crippen molar-refractivity contribution in [1.82, 2.24) is 14.9 Å². The molecule has 130 valence electrons. The Morgan fingerprint density at radius 3 is 2.69 bits per heavy atom. The van der Waals surface area contributed by atoms with E-state index in [0.717, 1.165) is 17.0 Å². The summed E-state index contributed by atoms with van der Waals surface area (Å²) in [5, 5.41) is 24.7. The van der Waals surface area contributed by atoms with Crippen molar-refractivity contribution in [3.8, 4) is 17.1 Å². The fourth-order valence-corrected chi connectivity index (χ4v) is 3.43. The largest absolute Gasteiger partial charge is 0.497 e. The molecule has 1 aromatic heterocycles. The number of methoxy groups -OCH3 is 1. The second kappa shape index (κ2) is 6.60. The summed E-state index contributed by atoms with van der Waals surface area (Å²) in [4.78, 5) is 10.6. The predicted octanol–water partition coefficient (Wildman–Crippen LogP) is 3.22. The third-order valence-corrected chi connectivity index (χ3v) is 4.84. The zero-order valence-corrected chi connectivity index (χ0v) is 14.5. The van der Waals surface area contributed by atoms with Crippen LogP contribution in [-0.2, 0) is 0 Å². The van der Waals surface area contributed by atoms with Crippen LogP contribution in [-0.4, -0.2) is 38.4 Å². The molecule has 0 amide bonds. The van der Waals surface area contributed by atoms with E-state index in [4.69, 9.17) is 4.74 Å². The van der Waals surface area contributed by atoms with Crippen molar-refractivity contribution < 1.29 is 9.66 Å². The number of rotatable bonds is 4. The second-order valence-electron chi connectivity index (χ2n) is 5.49. The summed E-state index contributed by atoms with van der Waals surface area (Å²) in [5.41, 5.74) is 2.35. The van der Waals surface area contributed by atoms with E-state index in [9.17, 15) is 10.1 Å². The number of nitrogens with zero attached hydrogens (tertiary/aromatic N) is 5. The molecule has 0 aliphatic carbocycles. The van der Waals surface area contributed by atoms with Crippen LogP contribution in [0.2, 0.25) is 0 Å². The van der Waals surface area contributed by atoms with Gasteiger partial charge in [0, 0.05) is 29.0 Å². The van der Waals surface area contributed by atoms with Gasteiger partial charge in [0.15, 0.2) is 5.82 Å². The molecule has 0 N–H and O–H groups in total. The second-order valence-corrected chi connectivity index (χ2v) is 6.43. The van der Waals surface area contributed by atoms with Gasteiger partial charge < -0.3 is 4.74 Å². The van der Waals surface area contributed by atoms with Crippen molar-refractivity contribution in [1.29, 1.82) is 0 Å². The number of nitro groups is 1. The average Bonchev–Trinajstić information content (AvgIpc) is 3.11. The standard InChI is InChI=1S/C17H13N5O3S/c1-25-14-7-5-11(6-8-14)16-18-19-17-21(16)20-15(10-26-17)12-3-2-4-13(9-12)22(23)24/h2-9H,10H2,1H3. The molecule has 0 fully saturated rings. The Kier molecular flexibility index (Phi) is 4.13. The maximum Gasteiger partial charge on any atom is 0.270 e. The highest BCUT2D eigenvalue weighted by atomic mass is 32.2. The molecule has 0 saturated carbocycles. The summed E-state index contributed by atoms with van der Waals surface area (Å²) >= 11 is 1.49. The number of nitro benzene ring substituents is 1. The minimum Gasteiger partial charge on any atom is -0.497 e. The van der Waals surface area contributed by atoms with Gasteiger partial charge in [-0.3, -0.25) is 10.1 Å². The van der Waals surface area contributed by atoms with Crippen LogP contribution in [0.25, 0.3) is 11.4 Å². The molecule has 9 heteroatoms. The third kappa shape index (κ3) is 2.93. The first kappa shape index (κ1) is 16.3. The summed E-state index contributed by atoms with van der Waals surface area (Å²) < 4.78 is 6.85. The molecule has 2 aromatic carbocycles. The van der Waals surface area contributed by atoms with Gasteiger partial charge in [-0.05, 0) is 24.3 Å². The monoisotopic (exact) mass is 367 g/mol. The lowest BCUT2D eigenvalue weighted by Crippen LogP contribution is -2.14. The van der Waals surface area contributed by atoms with E-state index in [-0.39, 0.29) is 5.69 Å². The molecule has 0 radical (unpaired) electrons. The Balaban J connectivity index is 1.74. The van der Waals surface area contributed by atoms with Crippen molar-refractivity contribution in [3.05, 3.63) is 64.2 Å². The van der Waals surface area contributed by atoms with Crippen LogP contribution in [0.3, 0.4) is 0 Å². The summed E-state index contributed by atoms with van der Waals surface area (Å²) in [5.74, 6) is 1.93. The summed E-state index contributed by atoms with van der Waals surface area (Å²) in [7, 11) is 1.61. The van der Waals surface area contributed by atoms with Gasteiger partial charge in [-0.25, -0.2) is 0 Å². The molecule has 3 aromatic rings. The van der Waals surface area contributed by atoms with Crippen LogP contribution < -0.4 is 4.74 Å². The van der Waals surface area contributed by atoms with Crippen LogP contribution >= 0.6 is 11.8 Å². The Bertz CT molecular complexity index is 1010. The highest BCUT2D eigenvalue weighted by Gasteiger charge is 2.21. The summed E-state index contributed by atoms with van der Waals surface area (Å²) in [6, 6.07) is 13.9. The molecule has 0 atom stereocenters. The average molecular weight is 367 g/mol.